The van der Waals surface area contributed by atoms with E-state index >= 15 is 19.2 Å². The van der Waals surface area contributed by atoms with Crippen molar-refractivity contribution in [1.82, 2.24) is 42.5 Å². The number of aromatic hydroxyl groups is 2. The average molecular weight is 1710 g/mol. The first-order valence-corrected chi connectivity index (χ1v) is 41.6. The molecule has 4 saturated carbocycles. The number of likely N-dealkylation sites (N-methyl/N-ethyl adjacent to an activating group) is 1. The zero-order chi connectivity index (χ0) is 87.7. The van der Waals surface area contributed by atoms with E-state index in [0.29, 0.717) is 49.0 Å². The number of hydrogen-bond acceptors (Lipinski definition) is 25. The number of primary amides is 1. The second kappa shape index (κ2) is 37.1. The Morgan fingerprint density at radius 2 is 1.52 bits per heavy atom. The predicted octanol–water partition coefficient (Wildman–Crippen LogP) is 4.39. The van der Waals surface area contributed by atoms with Gasteiger partial charge in [-0.3, -0.25) is 43.7 Å². The maximum atomic E-state index is 16.0. The standard InChI is InChI=1S/C87H106ClN11O23/c1-7-10-21-118-49-17-20-62(119-22-11-8-2)56(34-49)93-85(115)95-65(103)35-58-80(111)98-70(44-28-60(102)77(122-84-76(108)75(107)74(106)64(38-89)121-84)63(29-44)120-61-19-16-43(27-55(61)88)73(105)72(83(114)92-58)99-79(110)57(91-6)23-39(4)5)81(112)97-69(78(90)109)42-15-18-52-50(26-42)67-51(32-48(100)33-53(67)87(52,116)117)71(94-66(104)36-59(101)41(12-9-3)24-40-13-14-40)82(113)96-68-45-25-46-30-47-31-54(68)86(46,47)37-45/h9,12-13,15-20,24,26-29,32-34,39,45-47,54,57-59,64,68-76,84,91,100-102,105-108,116-117H,7-8,10-11,14,21-23,25,30-31,35-38,89H2,1-6H3,(H2,90,109)(H,92,114)(H,94,104)(H,96,113)(H,97,112)(H,98,111)(H,99,110)(H2,93,95,103,115). The number of ether oxygens (including phenoxy) is 5. The van der Waals surface area contributed by atoms with Crippen LogP contribution in [0.3, 0.4) is 0 Å². The molecule has 5 fully saturated rings. The van der Waals surface area contributed by atoms with Crippen LogP contribution in [0.25, 0.3) is 11.1 Å². The van der Waals surface area contributed by atoms with Crippen LogP contribution in [0, 0.1) is 35.0 Å². The summed E-state index contributed by atoms with van der Waals surface area (Å²) >= 11 is 6.99. The fourth-order valence-corrected chi connectivity index (χ4v) is 18.5. The van der Waals surface area contributed by atoms with Crippen molar-refractivity contribution in [2.24, 2.45) is 46.5 Å². The molecule has 5 aromatic rings. The summed E-state index contributed by atoms with van der Waals surface area (Å²) in [6, 6.07) is 2.59. The molecule has 0 radical (unpaired) electrons. The monoisotopic (exact) mass is 1710 g/mol. The zero-order valence-corrected chi connectivity index (χ0v) is 68.9. The minimum absolute atomic E-state index is 0.0485. The van der Waals surface area contributed by atoms with Gasteiger partial charge in [0.1, 0.15) is 83.7 Å². The van der Waals surface area contributed by atoms with Gasteiger partial charge in [0.25, 0.3) is 0 Å². The first kappa shape index (κ1) is 89.0. The number of amides is 10. The van der Waals surface area contributed by atoms with Crippen molar-refractivity contribution in [3.05, 3.63) is 153 Å². The lowest BCUT2D eigenvalue weighted by molar-refractivity contribution is -0.270. The molecule has 1 spiro atoms. The van der Waals surface area contributed by atoms with Crippen molar-refractivity contribution < 1.29 is 113 Å². The molecule has 0 aromatic heterocycles. The Morgan fingerprint density at radius 3 is 2.20 bits per heavy atom. The van der Waals surface area contributed by atoms with E-state index in [-0.39, 0.29) is 97.8 Å². The number of imide groups is 1. The molecule has 14 rings (SSSR count). The van der Waals surface area contributed by atoms with Gasteiger partial charge in [-0.2, -0.15) is 0 Å². The quantitative estimate of drug-likeness (QED) is 0.0161. The number of hydrogen-bond donors (Lipinski definition) is 20. The third-order valence-electron chi connectivity index (χ3n) is 24.5. The fraction of sp³-hybridized carbons (Fsp3) is 0.483. The van der Waals surface area contributed by atoms with Crippen LogP contribution in [-0.4, -0.2) is 187 Å². The van der Waals surface area contributed by atoms with Gasteiger partial charge >= 0.3 is 6.03 Å². The molecule has 10 amide bonds. The number of aliphatic hydroxyl groups excluding tert-OH is 5. The van der Waals surface area contributed by atoms with Crippen molar-refractivity contribution in [3.63, 3.8) is 0 Å². The number of nitrogens with two attached hydrogens (primary N) is 2. The normalized spacial score (nSPS) is 26.7. The van der Waals surface area contributed by atoms with Gasteiger partial charge in [0.05, 0.1) is 48.9 Å². The Bertz CT molecular complexity index is 4980. The summed E-state index contributed by atoms with van der Waals surface area (Å²) in [7, 11) is 1.48. The second-order valence-corrected chi connectivity index (χ2v) is 33.6. The summed E-state index contributed by atoms with van der Waals surface area (Å²) in [5.41, 5.74) is 11.5. The number of aliphatic hydroxyl groups is 7. The predicted molar refractivity (Wildman–Crippen MR) is 440 cm³/mol. The number of anilines is 1. The number of carbonyl (C=O) groups excluding carboxylic acids is 9. The molecule has 6 aliphatic carbocycles. The average Bonchev–Trinajstić information content (AvgIpc) is 1.47. The molecule has 19 atom stereocenters. The summed E-state index contributed by atoms with van der Waals surface area (Å²) < 4.78 is 30.1. The number of halogens is 1. The number of phenolic OH excluding ortho intramolecular Hbond substituents is 2. The molecular formula is C87H106ClN11O23. The van der Waals surface area contributed by atoms with Crippen LogP contribution in [0.1, 0.15) is 169 Å². The highest BCUT2D eigenvalue weighted by molar-refractivity contribution is 6.32. The number of carbonyl (C=O) groups is 9. The summed E-state index contributed by atoms with van der Waals surface area (Å²) in [6.45, 7) is 9.39. The first-order chi connectivity index (χ1) is 58.2. The van der Waals surface area contributed by atoms with Crippen molar-refractivity contribution in [1.29, 1.82) is 0 Å². The third-order valence-corrected chi connectivity index (χ3v) is 24.8. The maximum absolute atomic E-state index is 16.0. The molecule has 22 N–H and O–H groups in total. The van der Waals surface area contributed by atoms with Gasteiger partial charge in [-0.25, -0.2) is 4.79 Å². The minimum Gasteiger partial charge on any atom is -0.508 e. The Hall–Kier alpha value is -10.8. The number of allylic oxidation sites excluding steroid dienone is 4. The largest absolute Gasteiger partial charge is 0.508 e. The van der Waals surface area contributed by atoms with Gasteiger partial charge in [-0.05, 0) is 199 Å². The number of rotatable bonds is 32. The molecule has 6 bridgehead atoms. The van der Waals surface area contributed by atoms with Gasteiger partial charge in [0.2, 0.25) is 65.1 Å². The second-order valence-electron chi connectivity index (χ2n) is 33.1. The Balaban J connectivity index is 0.898. The Labute approximate surface area is 707 Å². The van der Waals surface area contributed by atoms with Crippen LogP contribution in [0.15, 0.2) is 114 Å². The molecule has 19 unspecified atom stereocenters. The van der Waals surface area contributed by atoms with E-state index in [1.165, 1.54) is 37.4 Å². The summed E-state index contributed by atoms with van der Waals surface area (Å²) in [6.07, 6.45) is 0.125. The smallest absolute Gasteiger partial charge is 0.325 e. The molecule has 3 aliphatic heterocycles. The van der Waals surface area contributed by atoms with Gasteiger partial charge in [-0.15, -0.1) is 0 Å². The highest BCUT2D eigenvalue weighted by atomic mass is 35.5. The lowest BCUT2D eigenvalue weighted by Crippen LogP contribution is -2.65. The molecule has 1 saturated heterocycles. The third kappa shape index (κ3) is 18.5. The van der Waals surface area contributed by atoms with Crippen LogP contribution < -0.4 is 78.3 Å². The van der Waals surface area contributed by atoms with E-state index in [4.69, 9.17) is 46.8 Å². The maximum Gasteiger partial charge on any atom is 0.325 e. The van der Waals surface area contributed by atoms with Crippen LogP contribution >= 0.6 is 11.6 Å². The molecule has 35 heteroatoms. The van der Waals surface area contributed by atoms with Crippen molar-refractivity contribution >= 4 is 70.6 Å². The molecule has 3 heterocycles. The summed E-state index contributed by atoms with van der Waals surface area (Å²) in [4.78, 5) is 135. The molecule has 9 aliphatic rings. The molecule has 122 heavy (non-hydrogen) atoms. The van der Waals surface area contributed by atoms with Crippen LogP contribution in [0.5, 0.6) is 40.2 Å². The number of nitrogens with one attached hydrogen (secondary N) is 9. The number of fused-ring (bicyclic) bond motifs is 13. The zero-order valence-electron chi connectivity index (χ0n) is 68.2. The van der Waals surface area contributed by atoms with Crippen molar-refractivity contribution in [2.75, 3.05) is 32.1 Å². The van der Waals surface area contributed by atoms with E-state index in [9.17, 15) is 69.9 Å². The van der Waals surface area contributed by atoms with E-state index in [1.807, 2.05) is 33.8 Å². The first-order valence-electron chi connectivity index (χ1n) is 41.2. The van der Waals surface area contributed by atoms with Crippen LogP contribution in [0.2, 0.25) is 5.02 Å². The summed E-state index contributed by atoms with van der Waals surface area (Å²) in [5, 5.41) is 129. The van der Waals surface area contributed by atoms with Crippen LogP contribution in [-0.2, 0) is 48.9 Å². The molecule has 5 aromatic carbocycles. The van der Waals surface area contributed by atoms with E-state index < -0.39 is 192 Å². The number of benzene rings is 5. The number of phenols is 2. The highest BCUT2D eigenvalue weighted by Crippen LogP contribution is 2.81. The lowest BCUT2D eigenvalue weighted by atomic mass is 9.38. The molecular weight excluding hydrogens is 1600 g/mol. The van der Waals surface area contributed by atoms with Gasteiger partial charge in [0, 0.05) is 29.8 Å². The topological polar surface area (TPSA) is 542 Å². The van der Waals surface area contributed by atoms with E-state index in [0.717, 1.165) is 80.5 Å². The van der Waals surface area contributed by atoms with E-state index in [2.05, 4.69) is 47.9 Å². The van der Waals surface area contributed by atoms with Crippen molar-refractivity contribution in [3.8, 4) is 51.4 Å². The minimum atomic E-state index is -3.01. The number of urea groups is 1. The molecule has 34 nitrogen and oxygen atoms in total. The highest BCUT2D eigenvalue weighted by Gasteiger charge is 2.76. The van der Waals surface area contributed by atoms with Crippen LogP contribution in [0.4, 0.5) is 10.5 Å². The van der Waals surface area contributed by atoms with Gasteiger partial charge in [0.15, 0.2) is 11.5 Å². The van der Waals surface area contributed by atoms with Gasteiger partial charge in [-0.1, -0.05) is 94.6 Å². The van der Waals surface area contributed by atoms with E-state index in [1.54, 1.807) is 37.3 Å². The lowest BCUT2D eigenvalue weighted by Gasteiger charge is -2.67. The SMILES string of the molecule is CC=CC(=CC1=CC1)C(O)CC(=O)NC(C(=O)NC1C2CC3CC4CC1C34C2)c1cc(O)cc2c1-c1cc(C(NC(=O)C3NC(=O)C(CC(=O)NC(=O)Nc4cc(OCCCC)ccc4OCCCC)NC(=O)C(NC(=O)C(CC(C)C)NC)C(O)c4ccc(c(Cl)c4)Oc4cc3cc(O)c4OC3OC(CN)C(O)C(O)C3O)C(N)=O)ccc1C2(O)O. The summed E-state index contributed by atoms with van der Waals surface area (Å²) in [5.74, 6) is -13.9. The molecule has 654 valence electrons. The van der Waals surface area contributed by atoms with Gasteiger partial charge < -0.3 is 124 Å². The van der Waals surface area contributed by atoms with Crippen molar-refractivity contribution in [2.45, 2.75) is 203 Å². The number of unbranched alkanes of at least 4 members (excludes halogenated alkanes) is 2. The Morgan fingerprint density at radius 1 is 0.787 bits per heavy atom. The fourth-order valence-electron chi connectivity index (χ4n) is 18.3. The Kier molecular flexibility index (Phi) is 27.1.